The number of benzene rings is 1. The van der Waals surface area contributed by atoms with Crippen molar-refractivity contribution >= 4 is 5.91 Å². The van der Waals surface area contributed by atoms with E-state index in [1.165, 1.54) is 23.0 Å². The van der Waals surface area contributed by atoms with E-state index in [9.17, 15) is 18.0 Å². The molecule has 0 saturated heterocycles. The first-order chi connectivity index (χ1) is 11.2. The summed E-state index contributed by atoms with van der Waals surface area (Å²) in [5, 5.41) is 6.76. The highest BCUT2D eigenvalue weighted by Crippen LogP contribution is 2.30. The minimum absolute atomic E-state index is 0.0285. The molecule has 5 nitrogen and oxygen atoms in total. The molecule has 0 bridgehead atoms. The summed E-state index contributed by atoms with van der Waals surface area (Å²) < 4.78 is 39.8. The number of amides is 1. The van der Waals surface area contributed by atoms with Gasteiger partial charge in [-0.25, -0.2) is 4.68 Å². The number of rotatable bonds is 5. The van der Waals surface area contributed by atoms with Gasteiger partial charge in [-0.3, -0.25) is 4.79 Å². The molecule has 0 aliphatic carbocycles. The zero-order valence-corrected chi connectivity index (χ0v) is 13.4. The van der Waals surface area contributed by atoms with E-state index in [4.69, 9.17) is 5.73 Å². The molecular weight excluding hydrogens is 321 g/mol. The Hall–Kier alpha value is -2.35. The van der Waals surface area contributed by atoms with Crippen LogP contribution in [0.1, 0.15) is 35.0 Å². The highest BCUT2D eigenvalue weighted by Gasteiger charge is 2.30. The molecule has 24 heavy (non-hydrogen) atoms. The van der Waals surface area contributed by atoms with Crippen molar-refractivity contribution in [1.82, 2.24) is 15.1 Å². The quantitative estimate of drug-likeness (QED) is 0.879. The second-order valence-corrected chi connectivity index (χ2v) is 5.63. The van der Waals surface area contributed by atoms with Crippen LogP contribution in [-0.4, -0.2) is 28.3 Å². The van der Waals surface area contributed by atoms with Crippen molar-refractivity contribution < 1.29 is 18.0 Å². The number of hydrogen-bond acceptors (Lipinski definition) is 3. The van der Waals surface area contributed by atoms with Gasteiger partial charge in [-0.15, -0.1) is 0 Å². The van der Waals surface area contributed by atoms with Crippen LogP contribution >= 0.6 is 0 Å². The maximum absolute atomic E-state index is 12.8. The molecule has 1 amide bonds. The molecule has 2 rings (SSSR count). The first-order valence-corrected chi connectivity index (χ1v) is 7.46. The third-order valence-corrected chi connectivity index (χ3v) is 3.56. The van der Waals surface area contributed by atoms with E-state index in [0.717, 1.165) is 12.1 Å². The lowest BCUT2D eigenvalue weighted by molar-refractivity contribution is -0.137. The van der Waals surface area contributed by atoms with Gasteiger partial charge in [0, 0.05) is 12.6 Å². The molecule has 1 aromatic heterocycles. The predicted octanol–water partition coefficient (Wildman–Crippen LogP) is 2.67. The number of carbonyl (C=O) groups is 1. The highest BCUT2D eigenvalue weighted by atomic mass is 19.4. The molecule has 0 aliphatic heterocycles. The third kappa shape index (κ3) is 4.14. The van der Waals surface area contributed by atoms with Crippen molar-refractivity contribution in [2.24, 2.45) is 5.73 Å². The van der Waals surface area contributed by atoms with Crippen LogP contribution in [0, 0.1) is 6.92 Å². The minimum atomic E-state index is -4.43. The first kappa shape index (κ1) is 18.0. The summed E-state index contributed by atoms with van der Waals surface area (Å²) in [6.07, 6.45) is -2.46. The van der Waals surface area contributed by atoms with Gasteiger partial charge in [0.25, 0.3) is 5.91 Å². The molecule has 1 aromatic carbocycles. The molecule has 0 fully saturated rings. The lowest BCUT2D eigenvalue weighted by atomic mass is 10.2. The van der Waals surface area contributed by atoms with E-state index in [1.54, 1.807) is 6.92 Å². The number of aromatic nitrogens is 2. The number of nitrogens with two attached hydrogens (primary N) is 1. The summed E-state index contributed by atoms with van der Waals surface area (Å²) in [6.45, 7) is 3.89. The topological polar surface area (TPSA) is 72.9 Å². The lowest BCUT2D eigenvalue weighted by Gasteiger charge is -2.10. The van der Waals surface area contributed by atoms with Crippen LogP contribution in [-0.2, 0) is 6.18 Å². The Kier molecular flexibility index (Phi) is 5.28. The van der Waals surface area contributed by atoms with Gasteiger partial charge in [0.15, 0.2) is 0 Å². The van der Waals surface area contributed by atoms with Crippen LogP contribution in [0.5, 0.6) is 0 Å². The number of carbonyl (C=O) groups excluding carboxylic acids is 1. The van der Waals surface area contributed by atoms with Gasteiger partial charge in [-0.1, -0.05) is 6.07 Å². The van der Waals surface area contributed by atoms with Gasteiger partial charge in [0.1, 0.15) is 0 Å². The molecule has 1 atom stereocenters. The van der Waals surface area contributed by atoms with Crippen molar-refractivity contribution in [3.05, 3.63) is 47.3 Å². The summed E-state index contributed by atoms with van der Waals surface area (Å²) in [4.78, 5) is 12.1. The Bertz CT molecular complexity index is 722. The van der Waals surface area contributed by atoms with E-state index in [1.807, 2.05) is 6.92 Å². The van der Waals surface area contributed by atoms with E-state index in [0.29, 0.717) is 24.2 Å². The van der Waals surface area contributed by atoms with E-state index in [-0.39, 0.29) is 17.6 Å². The first-order valence-electron chi connectivity index (χ1n) is 7.46. The van der Waals surface area contributed by atoms with Crippen LogP contribution in [0.2, 0.25) is 0 Å². The number of hydrogen-bond donors (Lipinski definition) is 2. The summed E-state index contributed by atoms with van der Waals surface area (Å²) >= 11 is 0. The number of nitrogens with one attached hydrogen (secondary N) is 1. The number of halogens is 3. The smallest absolute Gasteiger partial charge is 0.352 e. The standard InChI is InChI=1S/C16H19F3N4O/c1-10(20)6-7-21-15(24)14-9-22-23(11(14)2)13-5-3-4-12(8-13)16(17,18)19/h3-5,8-10H,6-7,20H2,1-2H3,(H,21,24). The SMILES string of the molecule is Cc1c(C(=O)NCCC(C)N)cnn1-c1cccc(C(F)(F)F)c1. The fraction of sp³-hybridized carbons (Fsp3) is 0.375. The zero-order chi connectivity index (χ0) is 17.9. The summed E-state index contributed by atoms with van der Waals surface area (Å²) in [7, 11) is 0. The van der Waals surface area contributed by atoms with Gasteiger partial charge in [0.05, 0.1) is 28.7 Å². The average Bonchev–Trinajstić information content (AvgIpc) is 2.88. The average molecular weight is 340 g/mol. The van der Waals surface area contributed by atoms with Crippen molar-refractivity contribution in [3.63, 3.8) is 0 Å². The van der Waals surface area contributed by atoms with Gasteiger partial charge in [-0.2, -0.15) is 18.3 Å². The Balaban J connectivity index is 2.22. The molecular formula is C16H19F3N4O. The third-order valence-electron chi connectivity index (χ3n) is 3.56. The van der Waals surface area contributed by atoms with E-state index in [2.05, 4.69) is 10.4 Å². The fourth-order valence-electron chi connectivity index (χ4n) is 2.22. The molecule has 2 aromatic rings. The largest absolute Gasteiger partial charge is 0.416 e. The van der Waals surface area contributed by atoms with E-state index < -0.39 is 11.7 Å². The second kappa shape index (κ2) is 7.04. The van der Waals surface area contributed by atoms with Crippen molar-refractivity contribution in [1.29, 1.82) is 0 Å². The monoisotopic (exact) mass is 340 g/mol. The molecule has 1 heterocycles. The zero-order valence-electron chi connectivity index (χ0n) is 13.4. The van der Waals surface area contributed by atoms with Gasteiger partial charge in [0.2, 0.25) is 0 Å². The van der Waals surface area contributed by atoms with Crippen molar-refractivity contribution in [2.45, 2.75) is 32.5 Å². The normalized spacial score (nSPS) is 12.9. The van der Waals surface area contributed by atoms with Gasteiger partial charge < -0.3 is 11.1 Å². The molecule has 0 aliphatic rings. The predicted molar refractivity (Wildman–Crippen MR) is 83.9 cm³/mol. The van der Waals surface area contributed by atoms with Crippen molar-refractivity contribution in [3.8, 4) is 5.69 Å². The van der Waals surface area contributed by atoms with Crippen LogP contribution < -0.4 is 11.1 Å². The van der Waals surface area contributed by atoms with Crippen LogP contribution in [0.4, 0.5) is 13.2 Å². The summed E-state index contributed by atoms with van der Waals surface area (Å²) in [6, 6.07) is 4.77. The van der Waals surface area contributed by atoms with E-state index >= 15 is 0 Å². The number of alkyl halides is 3. The Morgan fingerprint density at radius 2 is 2.12 bits per heavy atom. The minimum Gasteiger partial charge on any atom is -0.352 e. The lowest BCUT2D eigenvalue weighted by Crippen LogP contribution is -2.29. The summed E-state index contributed by atoms with van der Waals surface area (Å²) in [5.41, 5.74) is 5.88. The maximum Gasteiger partial charge on any atom is 0.416 e. The Morgan fingerprint density at radius 3 is 2.75 bits per heavy atom. The second-order valence-electron chi connectivity index (χ2n) is 5.63. The van der Waals surface area contributed by atoms with Gasteiger partial charge >= 0.3 is 6.18 Å². The molecule has 3 N–H and O–H groups in total. The molecule has 0 spiro atoms. The molecule has 1 unspecified atom stereocenters. The van der Waals surface area contributed by atoms with Crippen LogP contribution in [0.15, 0.2) is 30.5 Å². The molecule has 0 saturated carbocycles. The Labute approximate surface area is 137 Å². The highest BCUT2D eigenvalue weighted by molar-refractivity contribution is 5.95. The fourth-order valence-corrected chi connectivity index (χ4v) is 2.22. The van der Waals surface area contributed by atoms with Gasteiger partial charge in [-0.05, 0) is 38.5 Å². The van der Waals surface area contributed by atoms with Crippen LogP contribution in [0.3, 0.4) is 0 Å². The maximum atomic E-state index is 12.8. The Morgan fingerprint density at radius 1 is 1.42 bits per heavy atom. The molecule has 0 radical (unpaired) electrons. The molecule has 8 heteroatoms. The van der Waals surface area contributed by atoms with Crippen molar-refractivity contribution in [2.75, 3.05) is 6.54 Å². The summed E-state index contributed by atoms with van der Waals surface area (Å²) in [5.74, 6) is -0.327. The van der Waals surface area contributed by atoms with Crippen LogP contribution in [0.25, 0.3) is 5.69 Å². The molecule has 130 valence electrons. The number of nitrogens with zero attached hydrogens (tertiary/aromatic N) is 2.